The summed E-state index contributed by atoms with van der Waals surface area (Å²) in [6.45, 7) is 5.66. The number of hydrogen-bond donors (Lipinski definition) is 1. The molecule has 102 valence electrons. The maximum Gasteiger partial charge on any atom is 0.212 e. The Bertz CT molecular complexity index is 470. The lowest BCUT2D eigenvalue weighted by atomic mass is 10.1. The molecule has 18 heavy (non-hydrogen) atoms. The van der Waals surface area contributed by atoms with Gasteiger partial charge in [-0.05, 0) is 25.3 Å². The van der Waals surface area contributed by atoms with E-state index in [1.54, 1.807) is 0 Å². The molecule has 0 saturated carbocycles. The maximum absolute atomic E-state index is 11.9. The van der Waals surface area contributed by atoms with Gasteiger partial charge in [-0.15, -0.1) is 11.6 Å². The van der Waals surface area contributed by atoms with E-state index in [1.807, 2.05) is 45.0 Å². The molecular formula is C13H20ClNO2S. The van der Waals surface area contributed by atoms with Crippen molar-refractivity contribution in [1.29, 1.82) is 0 Å². The fourth-order valence-electron chi connectivity index (χ4n) is 1.66. The Labute approximate surface area is 115 Å². The highest BCUT2D eigenvalue weighted by Crippen LogP contribution is 2.15. The molecule has 0 amide bonds. The van der Waals surface area contributed by atoms with E-state index >= 15 is 0 Å². The van der Waals surface area contributed by atoms with Gasteiger partial charge in [0, 0.05) is 11.9 Å². The average Bonchev–Trinajstić information content (AvgIpc) is 2.28. The molecule has 0 aliphatic rings. The molecule has 5 heteroatoms. The van der Waals surface area contributed by atoms with Crippen LogP contribution in [0.2, 0.25) is 0 Å². The zero-order chi connectivity index (χ0) is 13.8. The third-order valence-electron chi connectivity index (χ3n) is 2.70. The predicted molar refractivity (Wildman–Crippen MR) is 76.4 cm³/mol. The average molecular weight is 290 g/mol. The van der Waals surface area contributed by atoms with Crippen molar-refractivity contribution >= 4 is 21.6 Å². The number of aryl methyl sites for hydroxylation is 1. The number of sulfonamides is 1. The van der Waals surface area contributed by atoms with Crippen LogP contribution in [-0.4, -0.2) is 20.1 Å². The third kappa shape index (κ3) is 4.96. The number of benzene rings is 1. The van der Waals surface area contributed by atoms with Gasteiger partial charge in [0.15, 0.2) is 0 Å². The Kier molecular flexibility index (Phi) is 5.63. The van der Waals surface area contributed by atoms with Gasteiger partial charge in [-0.25, -0.2) is 13.1 Å². The summed E-state index contributed by atoms with van der Waals surface area (Å²) in [7, 11) is -3.28. The Morgan fingerprint density at radius 3 is 2.28 bits per heavy atom. The molecule has 1 aromatic rings. The second-order valence-corrected chi connectivity index (χ2v) is 6.90. The van der Waals surface area contributed by atoms with Crippen molar-refractivity contribution in [3.63, 3.8) is 0 Å². The van der Waals surface area contributed by atoms with E-state index < -0.39 is 10.0 Å². The molecule has 0 bridgehead atoms. The van der Waals surface area contributed by atoms with Crippen LogP contribution in [0.3, 0.4) is 0 Å². The molecule has 0 spiro atoms. The zero-order valence-corrected chi connectivity index (χ0v) is 12.6. The van der Waals surface area contributed by atoms with E-state index in [2.05, 4.69) is 4.72 Å². The van der Waals surface area contributed by atoms with E-state index in [1.165, 1.54) is 0 Å². The Morgan fingerprint density at radius 1 is 1.22 bits per heavy atom. The zero-order valence-electron chi connectivity index (χ0n) is 11.0. The summed E-state index contributed by atoms with van der Waals surface area (Å²) < 4.78 is 26.4. The lowest BCUT2D eigenvalue weighted by Crippen LogP contribution is -2.31. The molecule has 1 aromatic carbocycles. The van der Waals surface area contributed by atoms with Gasteiger partial charge in [-0.2, -0.15) is 0 Å². The summed E-state index contributed by atoms with van der Waals surface area (Å²) >= 11 is 5.64. The molecule has 0 aliphatic heterocycles. The Hall–Kier alpha value is -0.580. The Balaban J connectivity index is 2.69. The summed E-state index contributed by atoms with van der Waals surface area (Å²) in [6.07, 6.45) is 0. The quantitative estimate of drug-likeness (QED) is 0.819. The minimum atomic E-state index is -3.28. The minimum absolute atomic E-state index is 0.0469. The lowest BCUT2D eigenvalue weighted by molar-refractivity contribution is 0.555. The molecule has 1 N–H and O–H groups in total. The number of alkyl halides is 1. The largest absolute Gasteiger partial charge is 0.212 e. The van der Waals surface area contributed by atoms with Crippen LogP contribution < -0.4 is 4.72 Å². The van der Waals surface area contributed by atoms with Gasteiger partial charge in [0.2, 0.25) is 10.0 Å². The second-order valence-electron chi connectivity index (χ2n) is 4.79. The first-order valence-corrected chi connectivity index (χ1v) is 8.15. The molecule has 0 aliphatic carbocycles. The Morgan fingerprint density at radius 2 is 1.78 bits per heavy atom. The van der Waals surface area contributed by atoms with Crippen LogP contribution in [0.5, 0.6) is 0 Å². The normalized spacial score (nSPS) is 15.3. The fraction of sp³-hybridized carbons (Fsp3) is 0.538. The van der Waals surface area contributed by atoms with Crippen LogP contribution in [0.4, 0.5) is 0 Å². The van der Waals surface area contributed by atoms with Crippen LogP contribution in [0.15, 0.2) is 24.3 Å². The molecule has 0 aromatic heterocycles. The van der Waals surface area contributed by atoms with Gasteiger partial charge in [0.1, 0.15) is 0 Å². The van der Waals surface area contributed by atoms with Crippen LogP contribution in [0, 0.1) is 12.8 Å². The number of nitrogens with one attached hydrogen (secondary N) is 1. The van der Waals surface area contributed by atoms with Crippen LogP contribution in [0.25, 0.3) is 0 Å². The molecular weight excluding hydrogens is 270 g/mol. The van der Waals surface area contributed by atoms with Crippen LogP contribution in [0.1, 0.15) is 31.0 Å². The summed E-state index contributed by atoms with van der Waals surface area (Å²) in [5.74, 6) is 0.362. The van der Waals surface area contributed by atoms with E-state index in [0.717, 1.165) is 11.1 Å². The monoisotopic (exact) mass is 289 g/mol. The summed E-state index contributed by atoms with van der Waals surface area (Å²) in [4.78, 5) is 0. The highest BCUT2D eigenvalue weighted by atomic mass is 35.5. The van der Waals surface area contributed by atoms with E-state index in [4.69, 9.17) is 11.6 Å². The topological polar surface area (TPSA) is 46.2 Å². The molecule has 1 rings (SSSR count). The minimum Gasteiger partial charge on any atom is -0.212 e. The predicted octanol–water partition coefficient (Wildman–Crippen LogP) is 2.85. The molecule has 0 saturated heterocycles. The van der Waals surface area contributed by atoms with E-state index in [9.17, 15) is 8.42 Å². The molecule has 2 atom stereocenters. The first-order chi connectivity index (χ1) is 8.34. The first kappa shape index (κ1) is 15.5. The van der Waals surface area contributed by atoms with Crippen LogP contribution >= 0.6 is 11.6 Å². The van der Waals surface area contributed by atoms with E-state index in [-0.39, 0.29) is 17.7 Å². The molecule has 0 heterocycles. The van der Waals surface area contributed by atoms with Crippen molar-refractivity contribution in [3.8, 4) is 0 Å². The number of rotatable bonds is 6. The first-order valence-electron chi connectivity index (χ1n) is 5.96. The van der Waals surface area contributed by atoms with Gasteiger partial charge in [0.25, 0.3) is 0 Å². The third-order valence-corrected chi connectivity index (χ3v) is 4.95. The number of halogens is 1. The summed E-state index contributed by atoms with van der Waals surface area (Å²) in [5.41, 5.74) is 2.12. The van der Waals surface area contributed by atoms with Crippen LogP contribution in [-0.2, 0) is 10.0 Å². The molecule has 3 nitrogen and oxygen atoms in total. The number of hydrogen-bond acceptors (Lipinski definition) is 2. The molecule has 0 radical (unpaired) electrons. The fourth-order valence-corrected chi connectivity index (χ4v) is 3.54. The van der Waals surface area contributed by atoms with Gasteiger partial charge >= 0.3 is 0 Å². The maximum atomic E-state index is 11.9. The lowest BCUT2D eigenvalue weighted by Gasteiger charge is -2.16. The second kappa shape index (κ2) is 6.55. The molecule has 0 fully saturated rings. The SMILES string of the molecule is Cc1ccc(C(C)NS(=O)(=O)CC(C)CCl)cc1. The van der Waals surface area contributed by atoms with Crippen molar-refractivity contribution in [2.24, 2.45) is 5.92 Å². The van der Waals surface area contributed by atoms with Crippen molar-refractivity contribution in [2.45, 2.75) is 26.8 Å². The van der Waals surface area contributed by atoms with Crippen molar-refractivity contribution in [1.82, 2.24) is 4.72 Å². The molecule has 2 unspecified atom stereocenters. The smallest absolute Gasteiger partial charge is 0.212 e. The van der Waals surface area contributed by atoms with Gasteiger partial charge < -0.3 is 0 Å². The van der Waals surface area contributed by atoms with Gasteiger partial charge in [-0.3, -0.25) is 0 Å². The van der Waals surface area contributed by atoms with Crippen molar-refractivity contribution in [3.05, 3.63) is 35.4 Å². The van der Waals surface area contributed by atoms with Gasteiger partial charge in [-0.1, -0.05) is 36.8 Å². The summed E-state index contributed by atoms with van der Waals surface area (Å²) in [6, 6.07) is 7.60. The van der Waals surface area contributed by atoms with Crippen molar-refractivity contribution in [2.75, 3.05) is 11.6 Å². The van der Waals surface area contributed by atoms with Crippen molar-refractivity contribution < 1.29 is 8.42 Å². The highest BCUT2D eigenvalue weighted by Gasteiger charge is 2.18. The van der Waals surface area contributed by atoms with E-state index in [0.29, 0.717) is 5.88 Å². The van der Waals surface area contributed by atoms with Gasteiger partial charge in [0.05, 0.1) is 5.75 Å². The standard InChI is InChI=1S/C13H20ClNO2S/c1-10-4-6-13(7-5-10)12(3)15-18(16,17)9-11(2)8-14/h4-7,11-12,15H,8-9H2,1-3H3. The summed E-state index contributed by atoms with van der Waals surface area (Å²) in [5, 5.41) is 0. The highest BCUT2D eigenvalue weighted by molar-refractivity contribution is 7.89.